The normalized spacial score (nSPS) is 8.73. The molecule has 2 heteroatoms. The van der Waals surface area contributed by atoms with Gasteiger partial charge < -0.3 is 5.21 Å². The second-order valence-corrected chi connectivity index (χ2v) is 2.77. The van der Waals surface area contributed by atoms with Gasteiger partial charge in [0.05, 0.1) is 0 Å². The summed E-state index contributed by atoms with van der Waals surface area (Å²) in [6.45, 7) is 4.53. The highest BCUT2D eigenvalue weighted by Crippen LogP contribution is 2.05. The first-order chi connectivity index (χ1) is 5.41. The van der Waals surface area contributed by atoms with Crippen LogP contribution in [-0.4, -0.2) is 5.21 Å². The predicted molar refractivity (Wildman–Crippen MR) is 49.6 cm³/mol. The number of hydrogen-bond acceptors (Lipinski definition) is 2. The Balaban J connectivity index is 0. The van der Waals surface area contributed by atoms with Gasteiger partial charge in [0.2, 0.25) is 0 Å². The molecule has 0 aromatic heterocycles. The van der Waals surface area contributed by atoms with E-state index in [0.717, 1.165) is 0 Å². The lowest BCUT2D eigenvalue weighted by Gasteiger charge is -1.96. The molecule has 2 nitrogen and oxygen atoms in total. The van der Waals surface area contributed by atoms with Crippen LogP contribution in [0.3, 0.4) is 0 Å². The van der Waals surface area contributed by atoms with Gasteiger partial charge in [0.1, 0.15) is 0 Å². The summed E-state index contributed by atoms with van der Waals surface area (Å²) in [5.41, 5.74) is 0. The summed E-state index contributed by atoms with van der Waals surface area (Å²) < 4.78 is 0. The van der Waals surface area contributed by atoms with E-state index < -0.39 is 0 Å². The highest BCUT2D eigenvalue weighted by Gasteiger charge is 1.85. The van der Waals surface area contributed by atoms with Crippen molar-refractivity contribution in [3.8, 4) is 0 Å². The largest absolute Gasteiger partial charge is 0.320 e. The van der Waals surface area contributed by atoms with Gasteiger partial charge in [-0.3, -0.25) is 0 Å². The molecule has 0 saturated carbocycles. The van der Waals surface area contributed by atoms with Gasteiger partial charge in [0.25, 0.3) is 0 Å². The maximum Gasteiger partial charge on any atom is -0.0533 e. The molecule has 0 saturated heterocycles. The predicted octanol–water partition coefficient (Wildman–Crippen LogP) is 3.09. The first-order valence-electron chi connectivity index (χ1n) is 4.67. The van der Waals surface area contributed by atoms with E-state index in [0.29, 0.717) is 0 Å². The van der Waals surface area contributed by atoms with Crippen LogP contribution in [0.25, 0.3) is 0 Å². The molecule has 0 aromatic rings. The molecule has 0 amide bonds. The van der Waals surface area contributed by atoms with Gasteiger partial charge >= 0.3 is 0 Å². The van der Waals surface area contributed by atoms with Crippen molar-refractivity contribution in [1.29, 1.82) is 0 Å². The van der Waals surface area contributed by atoms with Crippen LogP contribution in [-0.2, 0) is 0 Å². The molecule has 0 fully saturated rings. The fourth-order valence-electron chi connectivity index (χ4n) is 1.03. The lowest BCUT2D eigenvalue weighted by Crippen LogP contribution is -1.76. The Morgan fingerprint density at radius 3 is 1.27 bits per heavy atom. The Labute approximate surface area is 70.8 Å². The molecular weight excluding hydrogens is 138 g/mol. The van der Waals surface area contributed by atoms with Gasteiger partial charge in [-0.15, -0.1) is 0 Å². The van der Waals surface area contributed by atoms with Crippen LogP contribution in [0.15, 0.2) is 0 Å². The zero-order chi connectivity index (χ0) is 8.95. The lowest BCUT2D eigenvalue weighted by molar-refractivity contribution is 0.311. The van der Waals surface area contributed by atoms with Gasteiger partial charge in [0, 0.05) is 0 Å². The maximum absolute atomic E-state index is 6.50. The van der Waals surface area contributed by atoms with Crippen molar-refractivity contribution in [3.05, 3.63) is 0 Å². The van der Waals surface area contributed by atoms with Crippen molar-refractivity contribution in [2.75, 3.05) is 0 Å². The van der Waals surface area contributed by atoms with Crippen LogP contribution >= 0.6 is 0 Å². The summed E-state index contributed by atoms with van der Waals surface area (Å²) in [4.78, 5) is 0. The van der Waals surface area contributed by atoms with E-state index in [1.54, 1.807) is 0 Å². The minimum atomic E-state index is 1.37. The number of unbranched alkanes of at least 4 members (excludes halogenated alkanes) is 6. The number of nitrogens with two attached hydrogens (primary N) is 1. The third kappa shape index (κ3) is 17.8. The summed E-state index contributed by atoms with van der Waals surface area (Å²) >= 11 is 0. The standard InChI is InChI=1S/C9H20.H3NO/c1-3-5-7-9-8-6-4-2;1-2/h3-9H2,1-2H3;2H,1H2. The summed E-state index contributed by atoms with van der Waals surface area (Å²) in [5, 5.41) is 6.50. The van der Waals surface area contributed by atoms with Crippen molar-refractivity contribution in [2.45, 2.75) is 58.8 Å². The second kappa shape index (κ2) is 16.5. The molecule has 0 aliphatic heterocycles. The third-order valence-corrected chi connectivity index (χ3v) is 1.71. The van der Waals surface area contributed by atoms with Crippen LogP contribution in [0.2, 0.25) is 0 Å². The first kappa shape index (κ1) is 13.5. The highest BCUT2D eigenvalue weighted by atomic mass is 16.4. The monoisotopic (exact) mass is 161 g/mol. The van der Waals surface area contributed by atoms with E-state index in [1.807, 2.05) is 0 Å². The molecule has 0 aliphatic carbocycles. The van der Waals surface area contributed by atoms with E-state index in [-0.39, 0.29) is 0 Å². The molecule has 0 aliphatic rings. The van der Waals surface area contributed by atoms with E-state index in [9.17, 15) is 0 Å². The molecular formula is C9H23NO. The summed E-state index contributed by atoms with van der Waals surface area (Å²) in [6, 6.07) is 0. The quantitative estimate of drug-likeness (QED) is 0.464. The molecule has 0 heterocycles. The Morgan fingerprint density at radius 1 is 0.727 bits per heavy atom. The van der Waals surface area contributed by atoms with Crippen LogP contribution in [0.4, 0.5) is 0 Å². The fourth-order valence-corrected chi connectivity index (χ4v) is 1.03. The van der Waals surface area contributed by atoms with Crippen molar-refractivity contribution >= 4 is 0 Å². The first-order valence-corrected chi connectivity index (χ1v) is 4.67. The SMILES string of the molecule is CCCCCCCCC.NO. The molecule has 3 N–H and O–H groups in total. The minimum absolute atomic E-state index is 1.37. The number of hydrogen-bond donors (Lipinski definition) is 2. The molecule has 0 atom stereocenters. The van der Waals surface area contributed by atoms with E-state index in [1.165, 1.54) is 44.9 Å². The molecule has 0 rings (SSSR count). The lowest BCUT2D eigenvalue weighted by atomic mass is 10.1. The molecule has 0 radical (unpaired) electrons. The molecule has 11 heavy (non-hydrogen) atoms. The Bertz CT molecular complexity index is 42.8. The summed E-state index contributed by atoms with van der Waals surface area (Å²) in [5.74, 6) is 3.50. The summed E-state index contributed by atoms with van der Waals surface area (Å²) in [6.07, 6.45) is 9.97. The fraction of sp³-hybridized carbons (Fsp3) is 1.00. The van der Waals surface area contributed by atoms with Gasteiger partial charge in [-0.25, -0.2) is 5.90 Å². The van der Waals surface area contributed by atoms with E-state index in [2.05, 4.69) is 19.7 Å². The van der Waals surface area contributed by atoms with Gasteiger partial charge in [0.15, 0.2) is 0 Å². The van der Waals surface area contributed by atoms with Gasteiger partial charge in [-0.05, 0) is 0 Å². The highest BCUT2D eigenvalue weighted by molar-refractivity contribution is 4.41. The minimum Gasteiger partial charge on any atom is -0.320 e. The van der Waals surface area contributed by atoms with E-state index >= 15 is 0 Å². The topological polar surface area (TPSA) is 46.2 Å². The molecule has 70 valence electrons. The van der Waals surface area contributed by atoms with E-state index in [4.69, 9.17) is 5.21 Å². The van der Waals surface area contributed by atoms with Crippen molar-refractivity contribution in [2.24, 2.45) is 5.90 Å². The molecule has 0 aromatic carbocycles. The van der Waals surface area contributed by atoms with Crippen molar-refractivity contribution in [1.82, 2.24) is 0 Å². The van der Waals surface area contributed by atoms with Crippen molar-refractivity contribution < 1.29 is 5.21 Å². The zero-order valence-electron chi connectivity index (χ0n) is 7.97. The smallest absolute Gasteiger partial charge is 0.0533 e. The van der Waals surface area contributed by atoms with Crippen LogP contribution in [0, 0.1) is 0 Å². The average molecular weight is 161 g/mol. The van der Waals surface area contributed by atoms with Crippen LogP contribution in [0.5, 0.6) is 0 Å². The molecule has 0 spiro atoms. The van der Waals surface area contributed by atoms with Gasteiger partial charge in [-0.2, -0.15) is 0 Å². The van der Waals surface area contributed by atoms with Crippen LogP contribution < -0.4 is 5.90 Å². The third-order valence-electron chi connectivity index (χ3n) is 1.71. The second-order valence-electron chi connectivity index (χ2n) is 2.77. The Morgan fingerprint density at radius 2 is 1.00 bits per heavy atom. The Kier molecular flexibility index (Phi) is 20.2. The zero-order valence-corrected chi connectivity index (χ0v) is 7.97. The summed E-state index contributed by atoms with van der Waals surface area (Å²) in [7, 11) is 0. The average Bonchev–Trinajstić information content (AvgIpc) is 2.08. The molecule has 0 bridgehead atoms. The maximum atomic E-state index is 6.50. The molecule has 0 unspecified atom stereocenters. The van der Waals surface area contributed by atoms with Crippen LogP contribution in [0.1, 0.15) is 58.8 Å². The Hall–Kier alpha value is -0.0800. The van der Waals surface area contributed by atoms with Gasteiger partial charge in [-0.1, -0.05) is 58.8 Å². The number of rotatable bonds is 6. The van der Waals surface area contributed by atoms with Crippen molar-refractivity contribution in [3.63, 3.8) is 0 Å².